The number of benzene rings is 1. The number of nitrogens with one attached hydrogen (secondary N) is 1. The molecule has 0 aliphatic carbocycles. The molecule has 3 aromatic rings. The van der Waals surface area contributed by atoms with Crippen molar-refractivity contribution in [3.63, 3.8) is 0 Å². The summed E-state index contributed by atoms with van der Waals surface area (Å²) in [5, 5.41) is 7.99. The molecule has 0 saturated carbocycles. The molecule has 0 spiro atoms. The summed E-state index contributed by atoms with van der Waals surface area (Å²) in [5.41, 5.74) is 1.76. The van der Waals surface area contributed by atoms with Crippen molar-refractivity contribution < 1.29 is 14.1 Å². The normalized spacial score (nSPS) is 17.4. The molecule has 2 aliphatic heterocycles. The molecule has 0 radical (unpaired) electrons. The number of hydrogen-bond donors (Lipinski definition) is 1. The van der Waals surface area contributed by atoms with Crippen LogP contribution in [0.15, 0.2) is 22.7 Å². The quantitative estimate of drug-likeness (QED) is 0.692. The Hall–Kier alpha value is -2.74. The minimum absolute atomic E-state index is 0.00551. The maximum atomic E-state index is 13.1. The van der Waals surface area contributed by atoms with Gasteiger partial charge < -0.3 is 14.7 Å². The van der Waals surface area contributed by atoms with Crippen LogP contribution < -0.4 is 5.32 Å². The van der Waals surface area contributed by atoms with Gasteiger partial charge in [-0.1, -0.05) is 19.0 Å². The van der Waals surface area contributed by atoms with Gasteiger partial charge >= 0.3 is 0 Å². The van der Waals surface area contributed by atoms with Crippen LogP contribution in [0, 0.1) is 0 Å². The predicted molar refractivity (Wildman–Crippen MR) is 114 cm³/mol. The van der Waals surface area contributed by atoms with Gasteiger partial charge in [-0.2, -0.15) is 4.98 Å². The van der Waals surface area contributed by atoms with Gasteiger partial charge in [-0.25, -0.2) is 0 Å². The molecule has 1 aromatic carbocycles. The fourth-order valence-corrected chi connectivity index (χ4v) is 5.40. The van der Waals surface area contributed by atoms with E-state index in [-0.39, 0.29) is 23.7 Å². The third-order valence-electron chi connectivity index (χ3n) is 6.01. The van der Waals surface area contributed by atoms with Gasteiger partial charge in [0.25, 0.3) is 11.8 Å². The van der Waals surface area contributed by atoms with Crippen molar-refractivity contribution in [2.75, 3.05) is 19.6 Å². The SMILES string of the molecule is CC(C)c1noc(C2CCN(C(=O)c3ccc4sc5c(c4c3)CCNC5=O)CC2)n1. The number of thiophene rings is 1. The standard InChI is InChI=1S/C22H24N4O3S/c1-12(2)19-24-21(29-25-19)13-6-9-26(10-7-13)22(28)14-3-4-17-16(11-14)15-5-8-23-20(27)18(15)30-17/h3-4,11-13H,5-10H2,1-2H3,(H,23,27). The molecule has 5 rings (SSSR count). The minimum atomic E-state index is -0.00551. The third kappa shape index (κ3) is 3.29. The molecular weight excluding hydrogens is 400 g/mol. The van der Waals surface area contributed by atoms with E-state index < -0.39 is 0 Å². The molecule has 7 nitrogen and oxygen atoms in total. The Bertz CT molecular complexity index is 1120. The van der Waals surface area contributed by atoms with Crippen LogP contribution in [0.1, 0.15) is 75.8 Å². The Morgan fingerprint density at radius 3 is 2.83 bits per heavy atom. The number of nitrogens with zero attached hydrogens (tertiary/aromatic N) is 3. The number of hydrogen-bond acceptors (Lipinski definition) is 6. The Balaban J connectivity index is 1.32. The van der Waals surface area contributed by atoms with Gasteiger partial charge in [0.2, 0.25) is 5.89 Å². The highest BCUT2D eigenvalue weighted by Crippen LogP contribution is 2.35. The van der Waals surface area contributed by atoms with Crippen LogP contribution in [0.4, 0.5) is 0 Å². The van der Waals surface area contributed by atoms with Gasteiger partial charge in [-0.05, 0) is 48.4 Å². The zero-order valence-electron chi connectivity index (χ0n) is 17.1. The topological polar surface area (TPSA) is 88.3 Å². The zero-order chi connectivity index (χ0) is 20.8. The summed E-state index contributed by atoms with van der Waals surface area (Å²) in [5.74, 6) is 1.92. The fraction of sp³-hybridized carbons (Fsp3) is 0.455. The van der Waals surface area contributed by atoms with Gasteiger partial charge in [0.05, 0.1) is 4.88 Å². The number of carbonyl (C=O) groups is 2. The minimum Gasteiger partial charge on any atom is -0.351 e. The molecule has 1 saturated heterocycles. The summed E-state index contributed by atoms with van der Waals surface area (Å²) >= 11 is 1.51. The lowest BCUT2D eigenvalue weighted by Gasteiger charge is -2.30. The van der Waals surface area contributed by atoms with Gasteiger partial charge in [-0.15, -0.1) is 11.3 Å². The summed E-state index contributed by atoms with van der Waals surface area (Å²) < 4.78 is 6.51. The van der Waals surface area contributed by atoms with Crippen LogP contribution >= 0.6 is 11.3 Å². The van der Waals surface area contributed by atoms with Crippen molar-refractivity contribution in [1.29, 1.82) is 0 Å². The van der Waals surface area contributed by atoms with Crippen LogP contribution in [-0.2, 0) is 6.42 Å². The summed E-state index contributed by atoms with van der Waals surface area (Å²) in [6, 6.07) is 5.81. The predicted octanol–water partition coefficient (Wildman–Crippen LogP) is 3.71. The molecule has 0 atom stereocenters. The van der Waals surface area contributed by atoms with Crippen molar-refractivity contribution in [3.05, 3.63) is 45.9 Å². The number of carbonyl (C=O) groups excluding carboxylic acids is 2. The average molecular weight is 425 g/mol. The second-order valence-corrected chi connectivity index (χ2v) is 9.39. The molecule has 156 valence electrons. The summed E-state index contributed by atoms with van der Waals surface area (Å²) in [6.45, 7) is 6.08. The van der Waals surface area contributed by atoms with Gasteiger partial charge in [-0.3, -0.25) is 9.59 Å². The van der Waals surface area contributed by atoms with Crippen molar-refractivity contribution in [3.8, 4) is 0 Å². The van der Waals surface area contributed by atoms with E-state index in [2.05, 4.69) is 15.5 Å². The van der Waals surface area contributed by atoms with Crippen LogP contribution in [0.2, 0.25) is 0 Å². The smallest absolute Gasteiger partial charge is 0.261 e. The summed E-state index contributed by atoms with van der Waals surface area (Å²) in [7, 11) is 0. The first-order valence-corrected chi connectivity index (χ1v) is 11.3. The highest BCUT2D eigenvalue weighted by molar-refractivity contribution is 7.21. The second kappa shape index (κ2) is 7.50. The van der Waals surface area contributed by atoms with Crippen molar-refractivity contribution >= 4 is 33.2 Å². The zero-order valence-corrected chi connectivity index (χ0v) is 17.9. The van der Waals surface area contributed by atoms with E-state index >= 15 is 0 Å². The molecule has 2 aromatic heterocycles. The van der Waals surface area contributed by atoms with Gasteiger partial charge in [0.1, 0.15) is 0 Å². The maximum Gasteiger partial charge on any atom is 0.261 e. The Morgan fingerprint density at radius 1 is 1.30 bits per heavy atom. The van der Waals surface area contributed by atoms with Crippen LogP contribution in [0.25, 0.3) is 10.1 Å². The second-order valence-electron chi connectivity index (χ2n) is 8.34. The molecule has 2 amide bonds. The van der Waals surface area contributed by atoms with E-state index in [4.69, 9.17) is 4.52 Å². The number of aromatic nitrogens is 2. The van der Waals surface area contributed by atoms with Gasteiger partial charge in [0.15, 0.2) is 5.82 Å². The lowest BCUT2D eigenvalue weighted by atomic mass is 9.96. The largest absolute Gasteiger partial charge is 0.351 e. The lowest BCUT2D eigenvalue weighted by Crippen LogP contribution is -2.38. The number of amides is 2. The first-order valence-electron chi connectivity index (χ1n) is 10.5. The van der Waals surface area contributed by atoms with Crippen molar-refractivity contribution in [1.82, 2.24) is 20.4 Å². The molecule has 30 heavy (non-hydrogen) atoms. The highest BCUT2D eigenvalue weighted by atomic mass is 32.1. The molecule has 1 N–H and O–H groups in total. The Kier molecular flexibility index (Phi) is 4.81. The van der Waals surface area contributed by atoms with Crippen LogP contribution in [0.5, 0.6) is 0 Å². The molecule has 2 aliphatic rings. The maximum absolute atomic E-state index is 13.1. The number of rotatable bonds is 3. The Morgan fingerprint density at radius 2 is 2.10 bits per heavy atom. The molecule has 8 heteroatoms. The van der Waals surface area contributed by atoms with E-state index in [0.29, 0.717) is 31.1 Å². The van der Waals surface area contributed by atoms with E-state index in [0.717, 1.165) is 45.6 Å². The lowest BCUT2D eigenvalue weighted by molar-refractivity contribution is 0.0704. The van der Waals surface area contributed by atoms with Crippen LogP contribution in [0.3, 0.4) is 0 Å². The average Bonchev–Trinajstić information content (AvgIpc) is 3.39. The third-order valence-corrected chi connectivity index (χ3v) is 7.22. The monoisotopic (exact) mass is 424 g/mol. The molecule has 0 bridgehead atoms. The number of piperidine rings is 1. The highest BCUT2D eigenvalue weighted by Gasteiger charge is 2.29. The summed E-state index contributed by atoms with van der Waals surface area (Å²) in [4.78, 5) is 32.5. The van der Waals surface area contributed by atoms with E-state index in [1.807, 2.05) is 36.9 Å². The molecule has 0 unspecified atom stereocenters. The number of likely N-dealkylation sites (tertiary alicyclic amines) is 1. The van der Waals surface area contributed by atoms with Crippen molar-refractivity contribution in [2.24, 2.45) is 0 Å². The van der Waals surface area contributed by atoms with E-state index in [9.17, 15) is 9.59 Å². The van der Waals surface area contributed by atoms with Crippen molar-refractivity contribution in [2.45, 2.75) is 44.9 Å². The van der Waals surface area contributed by atoms with E-state index in [1.54, 1.807) is 0 Å². The fourth-order valence-electron chi connectivity index (χ4n) is 4.25. The van der Waals surface area contributed by atoms with E-state index in [1.165, 1.54) is 11.3 Å². The van der Waals surface area contributed by atoms with Gasteiger partial charge in [0, 0.05) is 41.7 Å². The molecule has 1 fully saturated rings. The van der Waals surface area contributed by atoms with Crippen LogP contribution in [-0.4, -0.2) is 46.5 Å². The number of fused-ring (bicyclic) bond motifs is 3. The Labute approximate surface area is 178 Å². The molecular formula is C22H24N4O3S. The molecule has 4 heterocycles. The first-order chi connectivity index (χ1) is 14.5. The first kappa shape index (κ1) is 19.2. The summed E-state index contributed by atoms with van der Waals surface area (Å²) in [6.07, 6.45) is 2.45.